The molecule has 2 saturated heterocycles. The molecule has 13 N–H and O–H groups in total. The fourth-order valence-electron chi connectivity index (χ4n) is 11.3. The summed E-state index contributed by atoms with van der Waals surface area (Å²) in [6.07, 6.45) is -5.51. The van der Waals surface area contributed by atoms with E-state index in [0.29, 0.717) is 0 Å². The van der Waals surface area contributed by atoms with Crippen LogP contribution in [0.2, 0.25) is 0 Å². The Labute approximate surface area is 600 Å². The highest BCUT2D eigenvalue weighted by Crippen LogP contribution is 2.50. The average Bonchev–Trinajstić information content (AvgIpc) is 1.74. The molecule has 2 aliphatic rings. The summed E-state index contributed by atoms with van der Waals surface area (Å²) in [7, 11) is -8.18. The van der Waals surface area contributed by atoms with E-state index in [1.54, 1.807) is 13.8 Å². The average molecular weight is 1500 g/mol. The number of nitrogens with two attached hydrogens (primary N) is 2. The van der Waals surface area contributed by atoms with Crippen LogP contribution in [-0.2, 0) is 69.7 Å². The number of nitrogens with one attached hydrogen (secondary N) is 4. The van der Waals surface area contributed by atoms with Crippen LogP contribution >= 0.6 is 39.0 Å². The summed E-state index contributed by atoms with van der Waals surface area (Å²) < 4.78 is 72.5. The van der Waals surface area contributed by atoms with Gasteiger partial charge in [-0.15, -0.1) is 0 Å². The van der Waals surface area contributed by atoms with Gasteiger partial charge in [0, 0.05) is 24.6 Å². The van der Waals surface area contributed by atoms with Crippen LogP contribution in [0.25, 0.3) is 22.3 Å². The molecule has 103 heavy (non-hydrogen) atoms. The summed E-state index contributed by atoms with van der Waals surface area (Å²) in [5, 5.41) is 59.3. The SMILES string of the molecule is CC(C)(CO)C(=O)SCCOP(=O)(NCc1ccccc1)OC[C@H]1O[C@@H](n2cnc3c(=O)[nH]c(N)nc32)[C@](C)(O)[C@@H]1O.CC(C)(COC(c1ccccc1)(c1ccccc1)c1ccccc1)C(=O)SCCOP(=O)(NCc1ccccc1)OC[C@H]1O[C@@H](n2cnc3c(=O)[nH]c(N)nc32)[C@](C)(O)[C@@H]1O. The highest BCUT2D eigenvalue weighted by molar-refractivity contribution is 8.14. The summed E-state index contributed by atoms with van der Waals surface area (Å²) in [4.78, 5) is 71.8. The predicted molar refractivity (Wildman–Crippen MR) is 387 cm³/mol. The van der Waals surface area contributed by atoms with E-state index in [1.807, 2.05) is 166 Å². The van der Waals surface area contributed by atoms with Crippen molar-refractivity contribution >= 4 is 83.5 Å². The van der Waals surface area contributed by atoms with Crippen LogP contribution in [0, 0.1) is 10.8 Å². The third kappa shape index (κ3) is 18.2. The molecule has 5 aromatic carbocycles. The fourth-order valence-corrected chi connectivity index (χ4v) is 15.8. The van der Waals surface area contributed by atoms with Gasteiger partial charge in [0.1, 0.15) is 41.2 Å². The number of H-pyrrole nitrogens is 2. The summed E-state index contributed by atoms with van der Waals surface area (Å²) >= 11 is 1.96. The van der Waals surface area contributed by atoms with E-state index in [9.17, 15) is 53.8 Å². The van der Waals surface area contributed by atoms with Gasteiger partial charge in [0.25, 0.3) is 11.1 Å². The zero-order valence-electron chi connectivity index (χ0n) is 57.2. The Balaban J connectivity index is 0.000000238. The van der Waals surface area contributed by atoms with Gasteiger partial charge in [-0.25, -0.2) is 29.3 Å². The highest BCUT2D eigenvalue weighted by Gasteiger charge is 2.56. The molecule has 0 aliphatic carbocycles. The number of benzene rings is 5. The first-order chi connectivity index (χ1) is 49.0. The van der Waals surface area contributed by atoms with E-state index >= 15 is 0 Å². The van der Waals surface area contributed by atoms with Crippen molar-refractivity contribution in [1.82, 2.24) is 49.2 Å². The van der Waals surface area contributed by atoms with Crippen molar-refractivity contribution in [2.45, 2.75) is 108 Å². The Morgan fingerprint density at radius 2 is 0.932 bits per heavy atom. The summed E-state index contributed by atoms with van der Waals surface area (Å²) in [6.45, 7) is 8.34. The maximum Gasteiger partial charge on any atom is 0.405 e. The number of aliphatic hydroxyl groups excluding tert-OH is 3. The number of aromatic amines is 2. The van der Waals surface area contributed by atoms with Crippen LogP contribution in [0.4, 0.5) is 11.9 Å². The van der Waals surface area contributed by atoms with Crippen molar-refractivity contribution in [1.29, 1.82) is 0 Å². The van der Waals surface area contributed by atoms with Gasteiger partial charge in [0.05, 0.1) is 63.1 Å². The van der Waals surface area contributed by atoms with Crippen LogP contribution in [0.3, 0.4) is 0 Å². The number of aliphatic hydroxyl groups is 5. The standard InChI is InChI=1S/C44H49N6O9PS.C25H35N6O9PS/c1-42(2,28-56-44(31-18-10-5-11-19-31,32-20-12-6-13-21-32)33-22-14-7-15-23-33)40(53)61-25-24-57-60(55,47-26-30-16-8-4-9-17-30)58-27-34-36(51)43(3,54)39(59-34)50-29-46-35-37(50)48-41(45)49-38(35)52;1-24(2,13-32)22(35)42-10-9-38-41(37,28-11-15-7-5-4-6-8-15)39-12-16-18(33)25(3,36)21(40-16)31-14-27-17-19(31)29-23(26)30-20(17)34/h4-23,29,34,36,39,51,54H,24-28H2,1-3H3,(H,47,55)(H3,45,48,49,52);4-8,14,16,18,21,32-33,36H,9-13H2,1-3H3,(H,28,37)(H3,26,29,30,34)/t34-,36-,39-,43-,60?;16-,18-,21-,25-,41?/m11/s1. The number of carbonyl (C=O) groups excluding carboxylic acids is 2. The van der Waals surface area contributed by atoms with Gasteiger partial charge in [0.15, 0.2) is 45.0 Å². The number of hydrogen-bond acceptors (Lipinski definition) is 26. The lowest BCUT2D eigenvalue weighted by Gasteiger charge is -2.38. The molecule has 4 aromatic heterocycles. The van der Waals surface area contributed by atoms with Crippen LogP contribution in [-0.4, -0.2) is 162 Å². The normalized spacial score (nSPS) is 22.0. The monoisotopic (exact) mass is 1490 g/mol. The number of nitrogen functional groups attached to an aromatic ring is 2. The van der Waals surface area contributed by atoms with Gasteiger partial charge in [-0.05, 0) is 69.4 Å². The molecule has 2 fully saturated rings. The van der Waals surface area contributed by atoms with Gasteiger partial charge in [-0.1, -0.05) is 175 Å². The minimum Gasteiger partial charge on any atom is -0.395 e. The Kier molecular flexibility index (Phi) is 25.1. The lowest BCUT2D eigenvalue weighted by atomic mass is 9.79. The van der Waals surface area contributed by atoms with E-state index in [4.69, 9.17) is 43.8 Å². The van der Waals surface area contributed by atoms with E-state index in [0.717, 1.165) is 51.3 Å². The molecule has 0 radical (unpaired) electrons. The number of rotatable bonds is 31. The Morgan fingerprint density at radius 1 is 0.583 bits per heavy atom. The minimum atomic E-state index is -4.14. The molecule has 9 aromatic rings. The van der Waals surface area contributed by atoms with Gasteiger partial charge in [-0.3, -0.25) is 56.4 Å². The number of fused-ring (bicyclic) bond motifs is 2. The van der Waals surface area contributed by atoms with Crippen LogP contribution in [0.5, 0.6) is 0 Å². The quantitative estimate of drug-likeness (QED) is 0.0120. The molecule has 0 saturated carbocycles. The van der Waals surface area contributed by atoms with Crippen molar-refractivity contribution in [3.8, 4) is 0 Å². The maximum absolute atomic E-state index is 14.3. The molecule has 30 nitrogen and oxygen atoms in total. The number of thioether (sulfide) groups is 2. The number of nitrogens with zero attached hydrogens (tertiary/aromatic N) is 6. The van der Waals surface area contributed by atoms with Gasteiger partial charge < -0.3 is 51.2 Å². The zero-order valence-corrected chi connectivity index (χ0v) is 60.6. The topological polar surface area (TPSA) is 437 Å². The summed E-state index contributed by atoms with van der Waals surface area (Å²) in [5.41, 5.74) is 7.84. The number of hydrogen-bond donors (Lipinski definition) is 11. The molecular formula is C69H84N12O18P2S2. The third-order valence-corrected chi connectivity index (χ3v) is 22.7. The van der Waals surface area contributed by atoms with Crippen molar-refractivity contribution in [3.05, 3.63) is 213 Å². The molecule has 11 rings (SSSR count). The fraction of sp³-hybridized carbons (Fsp3) is 0.391. The number of aromatic nitrogens is 8. The lowest BCUT2D eigenvalue weighted by Crippen LogP contribution is -2.44. The molecule has 550 valence electrons. The molecule has 0 bridgehead atoms. The molecular weight excluding hydrogens is 1410 g/mol. The molecule has 2 aliphatic heterocycles. The van der Waals surface area contributed by atoms with Crippen molar-refractivity contribution in [2.75, 3.05) is 62.6 Å². The predicted octanol–water partition coefficient (Wildman–Crippen LogP) is 6.86. The Morgan fingerprint density at radius 3 is 1.29 bits per heavy atom. The second kappa shape index (κ2) is 33.2. The Bertz CT molecular complexity index is 4470. The van der Waals surface area contributed by atoms with E-state index < -0.39 is 104 Å². The van der Waals surface area contributed by atoms with Crippen LogP contribution in [0.1, 0.15) is 81.8 Å². The second-order valence-electron chi connectivity index (χ2n) is 26.1. The van der Waals surface area contributed by atoms with Crippen LogP contribution < -0.4 is 32.8 Å². The van der Waals surface area contributed by atoms with Crippen molar-refractivity contribution in [3.63, 3.8) is 0 Å². The maximum atomic E-state index is 14.3. The summed E-state index contributed by atoms with van der Waals surface area (Å²) in [6, 6.07) is 48.1. The van der Waals surface area contributed by atoms with E-state index in [-0.39, 0.29) is 95.5 Å². The number of imidazole rings is 2. The van der Waals surface area contributed by atoms with Crippen LogP contribution in [0.15, 0.2) is 174 Å². The second-order valence-corrected chi connectivity index (χ2v) is 31.9. The molecule has 6 heterocycles. The first-order valence-corrected chi connectivity index (χ1v) is 37.7. The molecule has 34 heteroatoms. The smallest absolute Gasteiger partial charge is 0.395 e. The lowest BCUT2D eigenvalue weighted by molar-refractivity contribution is -0.124. The molecule has 0 amide bonds. The third-order valence-electron chi connectivity index (χ3n) is 17.2. The van der Waals surface area contributed by atoms with E-state index in [2.05, 4.69) is 40.1 Å². The molecule has 10 atom stereocenters. The summed E-state index contributed by atoms with van der Waals surface area (Å²) in [5.74, 6) is -0.0700. The molecule has 0 spiro atoms. The first kappa shape index (κ1) is 77.9. The molecule has 2 unspecified atom stereocenters. The van der Waals surface area contributed by atoms with Crippen molar-refractivity contribution in [2.24, 2.45) is 10.8 Å². The largest absolute Gasteiger partial charge is 0.405 e. The van der Waals surface area contributed by atoms with Crippen molar-refractivity contribution < 1.29 is 76.6 Å². The number of carbonyl (C=O) groups is 2. The Hall–Kier alpha value is -7.66. The first-order valence-electron chi connectivity index (χ1n) is 32.7. The zero-order chi connectivity index (χ0) is 74.0. The van der Waals surface area contributed by atoms with Gasteiger partial charge in [0.2, 0.25) is 11.9 Å². The van der Waals surface area contributed by atoms with Gasteiger partial charge >= 0.3 is 15.5 Å². The number of anilines is 2. The van der Waals surface area contributed by atoms with E-state index in [1.165, 1.54) is 35.6 Å². The highest BCUT2D eigenvalue weighted by atomic mass is 32.2. The van der Waals surface area contributed by atoms with Gasteiger partial charge in [-0.2, -0.15) is 9.97 Å². The minimum absolute atomic E-state index is 0.0310. The number of ether oxygens (including phenoxy) is 3.